The largest absolute Gasteiger partial charge is 0.368 e. The predicted octanol–water partition coefficient (Wildman–Crippen LogP) is 0.999. The van der Waals surface area contributed by atoms with Crippen molar-refractivity contribution in [3.8, 4) is 11.3 Å². The summed E-state index contributed by atoms with van der Waals surface area (Å²) in [4.78, 5) is 8.06. The zero-order valence-corrected chi connectivity index (χ0v) is 13.6. The summed E-state index contributed by atoms with van der Waals surface area (Å²) in [5, 5.41) is 10.3. The highest BCUT2D eigenvalue weighted by Gasteiger charge is 2.18. The van der Waals surface area contributed by atoms with Crippen molar-refractivity contribution in [2.75, 3.05) is 5.73 Å². The van der Waals surface area contributed by atoms with Crippen molar-refractivity contribution in [1.29, 1.82) is 0 Å². The Balaban J connectivity index is 2.28. The molecule has 0 bridgehead atoms. The summed E-state index contributed by atoms with van der Waals surface area (Å²) in [5.74, 6) is 0.170. The maximum atomic E-state index is 11.8. The van der Waals surface area contributed by atoms with Gasteiger partial charge in [-0.05, 0) is 11.6 Å². The lowest BCUT2D eigenvalue weighted by molar-refractivity contribution is 0.597. The first-order valence-corrected chi connectivity index (χ1v) is 8.56. The van der Waals surface area contributed by atoms with Gasteiger partial charge in [0.1, 0.15) is 5.69 Å². The Morgan fingerprint density at radius 3 is 2.74 bits per heavy atom. The molecule has 10 heteroatoms. The normalized spacial score (nSPS) is 12.0. The minimum atomic E-state index is -3.90. The second-order valence-electron chi connectivity index (χ2n) is 4.94. The van der Waals surface area contributed by atoms with E-state index in [0.29, 0.717) is 27.9 Å². The lowest BCUT2D eigenvalue weighted by Gasteiger charge is -2.07. The second kappa shape index (κ2) is 5.44. The Labute approximate surface area is 137 Å². The van der Waals surface area contributed by atoms with Crippen molar-refractivity contribution in [2.45, 2.75) is 10.8 Å². The van der Waals surface area contributed by atoms with Crippen molar-refractivity contribution < 1.29 is 8.42 Å². The van der Waals surface area contributed by atoms with Crippen LogP contribution in [-0.2, 0) is 23.0 Å². The molecule has 0 aliphatic heterocycles. The van der Waals surface area contributed by atoms with Crippen molar-refractivity contribution >= 4 is 38.6 Å². The number of hydrogen-bond donors (Lipinski definition) is 2. The van der Waals surface area contributed by atoms with Gasteiger partial charge in [-0.15, -0.1) is 11.6 Å². The molecule has 0 spiro atoms. The number of alkyl halides is 1. The standard InChI is InChI=1S/C13H13ClN6O2S/c1-20-12-9(6-17-13(15)18-12)11(19-20)7-2-3-8(5-14)10(4-7)23(16,21)22/h2-4,6H,5H2,1H3,(H2,15,17,18)(H2,16,21,22). The summed E-state index contributed by atoms with van der Waals surface area (Å²) in [5.41, 5.74) is 7.67. The fourth-order valence-electron chi connectivity index (χ4n) is 2.34. The van der Waals surface area contributed by atoms with Crippen LogP contribution in [-0.4, -0.2) is 28.2 Å². The van der Waals surface area contributed by atoms with Gasteiger partial charge in [-0.25, -0.2) is 23.2 Å². The van der Waals surface area contributed by atoms with Crippen molar-refractivity contribution in [1.82, 2.24) is 19.7 Å². The van der Waals surface area contributed by atoms with Crippen LogP contribution in [0.15, 0.2) is 29.3 Å². The third-order valence-corrected chi connectivity index (χ3v) is 4.67. The highest BCUT2D eigenvalue weighted by atomic mass is 35.5. The quantitative estimate of drug-likeness (QED) is 0.676. The molecule has 120 valence electrons. The molecule has 0 saturated carbocycles. The van der Waals surface area contributed by atoms with Gasteiger partial charge in [-0.3, -0.25) is 0 Å². The summed E-state index contributed by atoms with van der Waals surface area (Å²) < 4.78 is 25.1. The van der Waals surface area contributed by atoms with E-state index in [0.717, 1.165) is 0 Å². The monoisotopic (exact) mass is 352 g/mol. The van der Waals surface area contributed by atoms with E-state index in [1.54, 1.807) is 30.1 Å². The number of benzene rings is 1. The predicted molar refractivity (Wildman–Crippen MR) is 87.1 cm³/mol. The fourth-order valence-corrected chi connectivity index (χ4v) is 3.45. The van der Waals surface area contributed by atoms with Crippen LogP contribution in [0, 0.1) is 0 Å². The number of nitrogen functional groups attached to an aromatic ring is 1. The number of anilines is 1. The van der Waals surface area contributed by atoms with Crippen LogP contribution >= 0.6 is 11.6 Å². The van der Waals surface area contributed by atoms with Crippen LogP contribution < -0.4 is 10.9 Å². The number of nitrogens with zero attached hydrogens (tertiary/aromatic N) is 4. The van der Waals surface area contributed by atoms with Crippen molar-refractivity contribution in [3.05, 3.63) is 30.0 Å². The summed E-state index contributed by atoms with van der Waals surface area (Å²) >= 11 is 5.78. The SMILES string of the molecule is Cn1nc(-c2ccc(CCl)c(S(N)(=O)=O)c2)c2cnc(N)nc21. The van der Waals surface area contributed by atoms with E-state index >= 15 is 0 Å². The molecule has 0 unspecified atom stereocenters. The molecular weight excluding hydrogens is 340 g/mol. The van der Waals surface area contributed by atoms with Gasteiger partial charge in [-0.1, -0.05) is 12.1 Å². The van der Waals surface area contributed by atoms with Crippen molar-refractivity contribution in [2.24, 2.45) is 12.2 Å². The van der Waals surface area contributed by atoms with Gasteiger partial charge in [0.25, 0.3) is 0 Å². The Morgan fingerprint density at radius 2 is 2.09 bits per heavy atom. The van der Waals surface area contributed by atoms with Gasteiger partial charge >= 0.3 is 0 Å². The number of sulfonamides is 1. The number of fused-ring (bicyclic) bond motifs is 1. The number of nitrogens with two attached hydrogens (primary N) is 2. The molecule has 0 aliphatic rings. The first-order valence-electron chi connectivity index (χ1n) is 6.48. The zero-order valence-electron chi connectivity index (χ0n) is 12.1. The van der Waals surface area contributed by atoms with Gasteiger partial charge < -0.3 is 5.73 Å². The molecule has 2 aromatic heterocycles. The fraction of sp³-hybridized carbons (Fsp3) is 0.154. The zero-order chi connectivity index (χ0) is 16.8. The summed E-state index contributed by atoms with van der Waals surface area (Å²) in [7, 11) is -2.19. The van der Waals surface area contributed by atoms with E-state index in [9.17, 15) is 8.42 Å². The number of aryl methyl sites for hydroxylation is 1. The second-order valence-corrected chi connectivity index (χ2v) is 6.74. The third kappa shape index (κ3) is 2.74. The molecule has 0 radical (unpaired) electrons. The lowest BCUT2D eigenvalue weighted by Crippen LogP contribution is -2.14. The van der Waals surface area contributed by atoms with E-state index in [1.165, 1.54) is 6.07 Å². The average molecular weight is 353 g/mol. The number of rotatable bonds is 3. The Bertz CT molecular complexity index is 1010. The molecule has 3 aromatic rings. The minimum absolute atomic E-state index is 0.0276. The van der Waals surface area contributed by atoms with Gasteiger partial charge in [-0.2, -0.15) is 10.1 Å². The molecule has 2 heterocycles. The molecule has 1 aromatic carbocycles. The van der Waals surface area contributed by atoms with E-state index in [1.807, 2.05) is 0 Å². The van der Waals surface area contributed by atoms with Crippen LogP contribution in [0.2, 0.25) is 0 Å². The van der Waals surface area contributed by atoms with Crippen molar-refractivity contribution in [3.63, 3.8) is 0 Å². The number of halogens is 1. The summed E-state index contributed by atoms with van der Waals surface area (Å²) in [6.07, 6.45) is 1.55. The molecule has 0 amide bonds. The molecule has 8 nitrogen and oxygen atoms in total. The Hall–Kier alpha value is -2.23. The molecule has 4 N–H and O–H groups in total. The summed E-state index contributed by atoms with van der Waals surface area (Å²) in [6, 6.07) is 4.79. The molecule has 0 saturated heterocycles. The van der Waals surface area contributed by atoms with E-state index in [2.05, 4.69) is 15.1 Å². The Kier molecular flexibility index (Phi) is 3.71. The topological polar surface area (TPSA) is 130 Å². The maximum absolute atomic E-state index is 11.8. The molecule has 3 rings (SSSR count). The summed E-state index contributed by atoms with van der Waals surface area (Å²) in [6.45, 7) is 0. The highest BCUT2D eigenvalue weighted by Crippen LogP contribution is 2.29. The number of aromatic nitrogens is 4. The molecule has 0 atom stereocenters. The molecule has 0 fully saturated rings. The van der Waals surface area contributed by atoms with Crippen LogP contribution in [0.25, 0.3) is 22.3 Å². The minimum Gasteiger partial charge on any atom is -0.368 e. The first kappa shape index (κ1) is 15.7. The van der Waals surface area contributed by atoms with Gasteiger partial charge in [0.15, 0.2) is 5.65 Å². The van der Waals surface area contributed by atoms with Crippen LogP contribution in [0.1, 0.15) is 5.56 Å². The number of hydrogen-bond acceptors (Lipinski definition) is 6. The lowest BCUT2D eigenvalue weighted by atomic mass is 10.1. The molecule has 23 heavy (non-hydrogen) atoms. The van der Waals surface area contributed by atoms with Gasteiger partial charge in [0.2, 0.25) is 16.0 Å². The molecule has 0 aliphatic carbocycles. The van der Waals surface area contributed by atoms with E-state index in [4.69, 9.17) is 22.5 Å². The smallest absolute Gasteiger partial charge is 0.238 e. The maximum Gasteiger partial charge on any atom is 0.238 e. The van der Waals surface area contributed by atoms with E-state index in [-0.39, 0.29) is 16.7 Å². The Morgan fingerprint density at radius 1 is 1.35 bits per heavy atom. The van der Waals surface area contributed by atoms with Crippen LogP contribution in [0.5, 0.6) is 0 Å². The van der Waals surface area contributed by atoms with E-state index < -0.39 is 10.0 Å². The van der Waals surface area contributed by atoms with Crippen LogP contribution in [0.3, 0.4) is 0 Å². The third-order valence-electron chi connectivity index (χ3n) is 3.39. The van der Waals surface area contributed by atoms with Gasteiger partial charge in [0.05, 0.1) is 10.3 Å². The molecular formula is C13H13ClN6O2S. The first-order chi connectivity index (χ1) is 10.8. The van der Waals surface area contributed by atoms with Crippen LogP contribution in [0.4, 0.5) is 5.95 Å². The average Bonchev–Trinajstić information content (AvgIpc) is 2.82. The highest BCUT2D eigenvalue weighted by molar-refractivity contribution is 7.89. The number of primary sulfonamides is 1. The van der Waals surface area contributed by atoms with Gasteiger partial charge in [0, 0.05) is 24.7 Å².